The second kappa shape index (κ2) is 7.57. The normalized spacial score (nSPS) is 19.5. The molecular formula is C17H26N2O2. The quantitative estimate of drug-likeness (QED) is 0.846. The average Bonchev–Trinajstić information content (AvgIpc) is 2.50. The first kappa shape index (κ1) is 16.0. The lowest BCUT2D eigenvalue weighted by atomic mass is 9.97. The molecule has 0 aliphatic carbocycles. The number of likely N-dealkylation sites (tertiary alicyclic amines) is 1. The minimum Gasteiger partial charge on any atom is -0.469 e. The zero-order chi connectivity index (χ0) is 15.2. The second-order valence-electron chi connectivity index (χ2n) is 5.87. The topological polar surface area (TPSA) is 55.6 Å². The van der Waals surface area contributed by atoms with Crippen LogP contribution in [0.15, 0.2) is 18.2 Å². The summed E-state index contributed by atoms with van der Waals surface area (Å²) in [6.45, 7) is 4.67. The number of nitrogens with zero attached hydrogens (tertiary/aromatic N) is 1. The highest BCUT2D eigenvalue weighted by atomic mass is 16.5. The van der Waals surface area contributed by atoms with Gasteiger partial charge in [-0.2, -0.15) is 0 Å². The second-order valence-corrected chi connectivity index (χ2v) is 5.87. The van der Waals surface area contributed by atoms with Crippen molar-refractivity contribution >= 4 is 5.97 Å². The van der Waals surface area contributed by atoms with E-state index < -0.39 is 0 Å². The molecule has 0 bridgehead atoms. The van der Waals surface area contributed by atoms with Gasteiger partial charge in [-0.05, 0) is 43.0 Å². The number of hydrogen-bond donors (Lipinski definition) is 1. The van der Waals surface area contributed by atoms with Gasteiger partial charge in [0.1, 0.15) is 0 Å². The summed E-state index contributed by atoms with van der Waals surface area (Å²) in [6.07, 6.45) is 3.98. The fourth-order valence-corrected chi connectivity index (χ4v) is 3.06. The number of carbonyl (C=O) groups is 1. The summed E-state index contributed by atoms with van der Waals surface area (Å²) >= 11 is 0. The number of piperidine rings is 1. The van der Waals surface area contributed by atoms with Crippen molar-refractivity contribution in [3.05, 3.63) is 34.9 Å². The highest BCUT2D eigenvalue weighted by Gasteiger charge is 2.25. The number of carbonyl (C=O) groups excluding carboxylic acids is 1. The maximum atomic E-state index is 11.6. The van der Waals surface area contributed by atoms with Crippen molar-refractivity contribution < 1.29 is 9.53 Å². The van der Waals surface area contributed by atoms with Gasteiger partial charge in [0.15, 0.2) is 0 Å². The zero-order valence-electron chi connectivity index (χ0n) is 13.1. The largest absolute Gasteiger partial charge is 0.469 e. The molecule has 0 aromatic heterocycles. The van der Waals surface area contributed by atoms with Crippen molar-refractivity contribution in [2.24, 2.45) is 5.73 Å². The highest BCUT2D eigenvalue weighted by molar-refractivity contribution is 5.69. The summed E-state index contributed by atoms with van der Waals surface area (Å²) in [7, 11) is 1.46. The molecule has 0 spiro atoms. The third-order valence-corrected chi connectivity index (χ3v) is 4.40. The minimum absolute atomic E-state index is 0.109. The van der Waals surface area contributed by atoms with Crippen LogP contribution in [0.25, 0.3) is 0 Å². The van der Waals surface area contributed by atoms with E-state index in [2.05, 4.69) is 30.0 Å². The van der Waals surface area contributed by atoms with Gasteiger partial charge in [0, 0.05) is 19.1 Å². The number of rotatable bonds is 5. The Labute approximate surface area is 127 Å². The first-order valence-electron chi connectivity index (χ1n) is 7.73. The van der Waals surface area contributed by atoms with Gasteiger partial charge in [-0.25, -0.2) is 0 Å². The van der Waals surface area contributed by atoms with E-state index in [0.717, 1.165) is 19.5 Å². The Kier molecular flexibility index (Phi) is 5.76. The predicted octanol–water partition coefficient (Wildman–Crippen LogP) is 2.37. The van der Waals surface area contributed by atoms with Crippen molar-refractivity contribution in [1.82, 2.24) is 4.90 Å². The first-order chi connectivity index (χ1) is 10.1. The van der Waals surface area contributed by atoms with Crippen LogP contribution < -0.4 is 5.73 Å². The van der Waals surface area contributed by atoms with Crippen molar-refractivity contribution in [3.63, 3.8) is 0 Å². The summed E-state index contributed by atoms with van der Waals surface area (Å²) < 4.78 is 4.83. The van der Waals surface area contributed by atoms with Crippen molar-refractivity contribution in [3.8, 4) is 0 Å². The first-order valence-corrected chi connectivity index (χ1v) is 7.73. The number of aryl methyl sites for hydroxylation is 1. The van der Waals surface area contributed by atoms with Crippen LogP contribution in [-0.2, 0) is 22.6 Å². The van der Waals surface area contributed by atoms with Gasteiger partial charge < -0.3 is 10.5 Å². The average molecular weight is 290 g/mol. The van der Waals surface area contributed by atoms with Crippen molar-refractivity contribution in [1.29, 1.82) is 0 Å². The van der Waals surface area contributed by atoms with Gasteiger partial charge >= 0.3 is 5.97 Å². The summed E-state index contributed by atoms with van der Waals surface area (Å²) in [5.74, 6) is -0.109. The molecule has 1 atom stereocenters. The van der Waals surface area contributed by atoms with E-state index in [1.54, 1.807) is 0 Å². The Hall–Kier alpha value is -1.39. The van der Waals surface area contributed by atoms with Crippen LogP contribution >= 0.6 is 0 Å². The molecule has 1 aliphatic rings. The van der Waals surface area contributed by atoms with Crippen LogP contribution in [0, 0.1) is 6.92 Å². The molecule has 1 unspecified atom stereocenters. The van der Waals surface area contributed by atoms with E-state index in [-0.39, 0.29) is 5.97 Å². The Morgan fingerprint density at radius 3 is 2.90 bits per heavy atom. The molecule has 0 radical (unpaired) electrons. The molecular weight excluding hydrogens is 264 g/mol. The number of benzene rings is 1. The number of nitrogens with two attached hydrogens (primary N) is 1. The molecule has 21 heavy (non-hydrogen) atoms. The van der Waals surface area contributed by atoms with Gasteiger partial charge in [-0.1, -0.05) is 24.6 Å². The van der Waals surface area contributed by atoms with Crippen LogP contribution in [0.1, 0.15) is 42.4 Å². The fourth-order valence-electron chi connectivity index (χ4n) is 3.06. The Bertz CT molecular complexity index is 488. The van der Waals surface area contributed by atoms with Crippen LogP contribution in [0.3, 0.4) is 0 Å². The third kappa shape index (κ3) is 4.29. The number of esters is 1. The molecule has 1 fully saturated rings. The standard InChI is InChI=1S/C17H26N2O2/c1-13-9-14(11-18)6-7-15(13)12-19-8-4-3-5-16(19)10-17(20)21-2/h6-7,9,16H,3-5,8,10-12,18H2,1-2H3. The summed E-state index contributed by atoms with van der Waals surface area (Å²) in [6, 6.07) is 6.73. The maximum Gasteiger partial charge on any atom is 0.307 e. The third-order valence-electron chi connectivity index (χ3n) is 4.40. The molecule has 1 heterocycles. The van der Waals surface area contributed by atoms with Crippen LogP contribution in [0.4, 0.5) is 0 Å². The SMILES string of the molecule is COC(=O)CC1CCCCN1Cc1ccc(CN)cc1C. The van der Waals surface area contributed by atoms with Crippen LogP contribution in [0.2, 0.25) is 0 Å². The molecule has 4 nitrogen and oxygen atoms in total. The number of ether oxygens (including phenoxy) is 1. The van der Waals surface area contributed by atoms with E-state index in [4.69, 9.17) is 10.5 Å². The van der Waals surface area contributed by atoms with E-state index >= 15 is 0 Å². The smallest absolute Gasteiger partial charge is 0.307 e. The van der Waals surface area contributed by atoms with Crippen molar-refractivity contribution in [2.75, 3.05) is 13.7 Å². The minimum atomic E-state index is -0.109. The number of methoxy groups -OCH3 is 1. The zero-order valence-corrected chi connectivity index (χ0v) is 13.1. The van der Waals surface area contributed by atoms with Gasteiger partial charge in [0.2, 0.25) is 0 Å². The van der Waals surface area contributed by atoms with E-state index in [0.29, 0.717) is 19.0 Å². The van der Waals surface area contributed by atoms with Gasteiger partial charge in [-0.15, -0.1) is 0 Å². The lowest BCUT2D eigenvalue weighted by molar-refractivity contribution is -0.142. The lowest BCUT2D eigenvalue weighted by Gasteiger charge is -2.35. The van der Waals surface area contributed by atoms with Gasteiger partial charge in [-0.3, -0.25) is 9.69 Å². The summed E-state index contributed by atoms with van der Waals surface area (Å²) in [5.41, 5.74) is 9.45. The molecule has 1 saturated heterocycles. The molecule has 1 aromatic carbocycles. The number of hydrogen-bond acceptors (Lipinski definition) is 4. The van der Waals surface area contributed by atoms with Crippen molar-refractivity contribution in [2.45, 2.75) is 51.7 Å². The summed E-state index contributed by atoms with van der Waals surface area (Å²) in [4.78, 5) is 14.0. The van der Waals surface area contributed by atoms with Crippen LogP contribution in [-0.4, -0.2) is 30.6 Å². The summed E-state index contributed by atoms with van der Waals surface area (Å²) in [5, 5.41) is 0. The Balaban J connectivity index is 2.06. The molecule has 4 heteroatoms. The molecule has 116 valence electrons. The molecule has 2 rings (SSSR count). The lowest BCUT2D eigenvalue weighted by Crippen LogP contribution is -2.40. The molecule has 2 N–H and O–H groups in total. The van der Waals surface area contributed by atoms with E-state index in [1.807, 2.05) is 0 Å². The Morgan fingerprint density at radius 1 is 1.43 bits per heavy atom. The maximum absolute atomic E-state index is 11.6. The molecule has 1 aliphatic heterocycles. The van der Waals surface area contributed by atoms with Gasteiger partial charge in [0.05, 0.1) is 13.5 Å². The van der Waals surface area contributed by atoms with Gasteiger partial charge in [0.25, 0.3) is 0 Å². The molecule has 1 aromatic rings. The molecule has 0 saturated carbocycles. The van der Waals surface area contributed by atoms with E-state index in [1.165, 1.54) is 36.6 Å². The monoisotopic (exact) mass is 290 g/mol. The molecule has 0 amide bonds. The predicted molar refractivity (Wildman–Crippen MR) is 83.8 cm³/mol. The highest BCUT2D eigenvalue weighted by Crippen LogP contribution is 2.23. The van der Waals surface area contributed by atoms with Crippen LogP contribution in [0.5, 0.6) is 0 Å². The fraction of sp³-hybridized carbons (Fsp3) is 0.588. The van der Waals surface area contributed by atoms with E-state index in [9.17, 15) is 4.79 Å². The Morgan fingerprint density at radius 2 is 2.24 bits per heavy atom.